The van der Waals surface area contributed by atoms with Crippen molar-refractivity contribution in [3.63, 3.8) is 0 Å². The van der Waals surface area contributed by atoms with Gasteiger partial charge in [-0.3, -0.25) is 13.6 Å². The number of unbranched alkanes of at least 4 members (excludes halogenated alkanes) is 3. The van der Waals surface area contributed by atoms with Gasteiger partial charge in [0.05, 0.1) is 38.9 Å². The molecule has 3 rings (SSSR count). The lowest BCUT2D eigenvalue weighted by atomic mass is 10.1. The second kappa shape index (κ2) is 16.7. The highest BCUT2D eigenvalue weighted by Gasteiger charge is 2.45. The fourth-order valence-electron chi connectivity index (χ4n) is 4.36. The molecular formula is C25H46FN7O9P2. The normalized spacial score (nSPS) is 22.9. The SMILES string of the molecule is CCOc1nc(N)nc2c1ncn2[C@@H](C)OC(CC)COP(=O)(O)NCCCCCCNP(=O)(OC)OC1COC[C@]1(C)F. The lowest BCUT2D eigenvalue weighted by Gasteiger charge is -2.25. The van der Waals surface area contributed by atoms with Crippen LogP contribution in [-0.2, 0) is 32.2 Å². The summed E-state index contributed by atoms with van der Waals surface area (Å²) in [5, 5.41) is 5.30. The predicted molar refractivity (Wildman–Crippen MR) is 161 cm³/mol. The Labute approximate surface area is 257 Å². The Morgan fingerprint density at radius 3 is 2.55 bits per heavy atom. The first kappa shape index (κ1) is 36.7. The minimum Gasteiger partial charge on any atom is -0.476 e. The van der Waals surface area contributed by atoms with Gasteiger partial charge in [-0.25, -0.2) is 28.7 Å². The highest BCUT2D eigenvalue weighted by molar-refractivity contribution is 7.51. The molecule has 0 aliphatic carbocycles. The number of imidazole rings is 1. The van der Waals surface area contributed by atoms with E-state index in [-0.39, 0.29) is 38.2 Å². The van der Waals surface area contributed by atoms with E-state index in [1.54, 1.807) is 17.8 Å². The molecule has 1 saturated heterocycles. The fourth-order valence-corrected chi connectivity index (χ4v) is 6.60. The summed E-state index contributed by atoms with van der Waals surface area (Å²) < 4.78 is 73.6. The van der Waals surface area contributed by atoms with E-state index in [1.165, 1.54) is 14.0 Å². The van der Waals surface area contributed by atoms with Crippen LogP contribution in [0.2, 0.25) is 0 Å². The molecule has 2 aromatic rings. The van der Waals surface area contributed by atoms with Crippen LogP contribution >= 0.6 is 15.5 Å². The molecule has 44 heavy (non-hydrogen) atoms. The first-order chi connectivity index (χ1) is 20.8. The van der Waals surface area contributed by atoms with Gasteiger partial charge in [0.1, 0.15) is 12.3 Å². The second-order valence-corrected chi connectivity index (χ2v) is 14.0. The van der Waals surface area contributed by atoms with Crippen molar-refractivity contribution in [2.45, 2.75) is 83.9 Å². The molecule has 0 spiro atoms. The molecule has 4 unspecified atom stereocenters. The van der Waals surface area contributed by atoms with Crippen molar-refractivity contribution in [3.05, 3.63) is 6.33 Å². The molecule has 16 nitrogen and oxygen atoms in total. The zero-order valence-corrected chi connectivity index (χ0v) is 27.7. The molecular weight excluding hydrogens is 623 g/mol. The minimum absolute atomic E-state index is 0.00343. The van der Waals surface area contributed by atoms with E-state index < -0.39 is 39.6 Å². The number of rotatable bonds is 21. The van der Waals surface area contributed by atoms with Crippen LogP contribution in [0.15, 0.2) is 6.33 Å². The van der Waals surface area contributed by atoms with Gasteiger partial charge in [-0.15, -0.1) is 0 Å². The Hall–Kier alpha value is -1.78. The van der Waals surface area contributed by atoms with Gasteiger partial charge in [0.2, 0.25) is 11.8 Å². The topological polar surface area (TPSA) is 203 Å². The summed E-state index contributed by atoms with van der Waals surface area (Å²) in [4.78, 5) is 22.9. The van der Waals surface area contributed by atoms with Crippen molar-refractivity contribution in [2.24, 2.45) is 0 Å². The van der Waals surface area contributed by atoms with Crippen molar-refractivity contribution >= 4 is 32.6 Å². The largest absolute Gasteiger partial charge is 0.476 e. The molecule has 1 fully saturated rings. The van der Waals surface area contributed by atoms with Crippen LogP contribution < -0.4 is 20.6 Å². The van der Waals surface area contributed by atoms with Gasteiger partial charge < -0.3 is 29.4 Å². The third kappa shape index (κ3) is 10.6. The first-order valence-electron chi connectivity index (χ1n) is 14.7. The first-order valence-corrected chi connectivity index (χ1v) is 17.8. The zero-order valence-electron chi connectivity index (χ0n) is 25.9. The average molecular weight is 670 g/mol. The Balaban J connectivity index is 1.34. The summed E-state index contributed by atoms with van der Waals surface area (Å²) in [7, 11) is -6.50. The maximum absolute atomic E-state index is 14.4. The van der Waals surface area contributed by atoms with E-state index in [1.807, 2.05) is 13.8 Å². The van der Waals surface area contributed by atoms with Crippen molar-refractivity contribution in [3.8, 4) is 5.88 Å². The standard InChI is InChI=1S/C25H46FN7O9P2/c1-6-19(41-18(3)33-17-28-21-22(33)31-24(27)32-23(21)39-7-2)14-40-43(34,35)29-12-10-8-9-11-13-30-44(36,37-5)42-20-15-38-16-25(20,4)26/h17-20H,6-16H2,1-5H3,(H,30,36)(H2,27,31,32)(H2,29,34,35)/t18-,19?,20?,25+,44?/m1/s1. The molecule has 0 radical (unpaired) electrons. The highest BCUT2D eigenvalue weighted by Crippen LogP contribution is 2.47. The Bertz CT molecular complexity index is 1290. The Kier molecular flexibility index (Phi) is 13.9. The van der Waals surface area contributed by atoms with Crippen LogP contribution in [-0.4, -0.2) is 88.9 Å². The summed E-state index contributed by atoms with van der Waals surface area (Å²) in [5.41, 5.74) is 4.99. The average Bonchev–Trinajstić information content (AvgIpc) is 3.54. The third-order valence-corrected chi connectivity index (χ3v) is 9.66. The van der Waals surface area contributed by atoms with E-state index in [0.717, 1.165) is 12.8 Å². The van der Waals surface area contributed by atoms with Gasteiger partial charge in [-0.2, -0.15) is 9.97 Å². The summed E-state index contributed by atoms with van der Waals surface area (Å²) in [6, 6.07) is 0. The van der Waals surface area contributed by atoms with Gasteiger partial charge in [-0.1, -0.05) is 19.8 Å². The minimum atomic E-state index is -4.06. The molecule has 19 heteroatoms. The number of ether oxygens (including phenoxy) is 3. The van der Waals surface area contributed by atoms with E-state index in [4.69, 9.17) is 33.5 Å². The van der Waals surface area contributed by atoms with Crippen molar-refractivity contribution in [2.75, 3.05) is 52.4 Å². The van der Waals surface area contributed by atoms with Gasteiger partial charge >= 0.3 is 15.5 Å². The van der Waals surface area contributed by atoms with Crippen LogP contribution in [0.1, 0.15) is 66.0 Å². The zero-order chi connectivity index (χ0) is 32.4. The molecule has 0 bridgehead atoms. The molecule has 0 amide bonds. The Morgan fingerprint density at radius 1 is 1.23 bits per heavy atom. The third-order valence-electron chi connectivity index (χ3n) is 6.91. The molecule has 0 aromatic carbocycles. The molecule has 3 heterocycles. The smallest absolute Gasteiger partial charge is 0.405 e. The number of aromatic nitrogens is 4. The van der Waals surface area contributed by atoms with E-state index in [9.17, 15) is 18.4 Å². The summed E-state index contributed by atoms with van der Waals surface area (Å²) in [5.74, 6) is 0.322. The van der Waals surface area contributed by atoms with E-state index >= 15 is 0 Å². The number of nitrogens with two attached hydrogens (primary N) is 1. The van der Waals surface area contributed by atoms with Crippen LogP contribution in [0.25, 0.3) is 11.2 Å². The second-order valence-electron chi connectivity index (χ2n) is 10.5. The number of anilines is 1. The number of hydrogen-bond acceptors (Lipinski definition) is 12. The van der Waals surface area contributed by atoms with Crippen molar-refractivity contribution < 1.29 is 46.2 Å². The number of nitrogen functional groups attached to an aromatic ring is 1. The van der Waals surface area contributed by atoms with E-state index in [2.05, 4.69) is 25.1 Å². The number of halogens is 1. The monoisotopic (exact) mass is 669 g/mol. The van der Waals surface area contributed by atoms with Crippen molar-refractivity contribution in [1.29, 1.82) is 0 Å². The highest BCUT2D eigenvalue weighted by atomic mass is 31.2. The number of nitrogens with zero attached hydrogens (tertiary/aromatic N) is 4. The lowest BCUT2D eigenvalue weighted by Crippen LogP contribution is -2.36. The summed E-state index contributed by atoms with van der Waals surface area (Å²) >= 11 is 0. The number of nitrogens with one attached hydrogen (secondary N) is 2. The quantitative estimate of drug-likeness (QED) is 0.110. The molecule has 6 atom stereocenters. The number of alkyl halides is 1. The predicted octanol–water partition coefficient (Wildman–Crippen LogP) is 3.88. The van der Waals surface area contributed by atoms with Gasteiger partial charge in [-0.05, 0) is 40.0 Å². The van der Waals surface area contributed by atoms with E-state index in [0.29, 0.717) is 43.6 Å². The van der Waals surface area contributed by atoms with Gasteiger partial charge in [0.15, 0.2) is 16.8 Å². The van der Waals surface area contributed by atoms with Crippen LogP contribution in [0.4, 0.5) is 10.3 Å². The molecule has 1 aliphatic heterocycles. The molecule has 2 aromatic heterocycles. The van der Waals surface area contributed by atoms with Gasteiger partial charge in [0, 0.05) is 20.2 Å². The van der Waals surface area contributed by atoms with Gasteiger partial charge in [0.25, 0.3) is 0 Å². The summed E-state index contributed by atoms with van der Waals surface area (Å²) in [6.45, 7) is 7.58. The molecule has 252 valence electrons. The summed E-state index contributed by atoms with van der Waals surface area (Å²) in [6.07, 6.45) is 2.80. The fraction of sp³-hybridized carbons (Fsp3) is 0.800. The lowest BCUT2D eigenvalue weighted by molar-refractivity contribution is -0.0619. The molecule has 1 aliphatic rings. The molecule has 5 N–H and O–H groups in total. The molecule has 0 saturated carbocycles. The Morgan fingerprint density at radius 2 is 1.93 bits per heavy atom. The van der Waals surface area contributed by atoms with Crippen molar-refractivity contribution in [1.82, 2.24) is 29.7 Å². The number of hydrogen-bond donors (Lipinski definition) is 4. The van der Waals surface area contributed by atoms with Crippen LogP contribution in [0, 0.1) is 0 Å². The number of fused-ring (bicyclic) bond motifs is 1. The maximum Gasteiger partial charge on any atom is 0.405 e. The van der Waals surface area contributed by atoms with Crippen LogP contribution in [0.3, 0.4) is 0 Å². The van der Waals surface area contributed by atoms with Crippen LogP contribution in [0.5, 0.6) is 5.88 Å². The maximum atomic E-state index is 14.4.